The summed E-state index contributed by atoms with van der Waals surface area (Å²) in [7, 11) is 0. The van der Waals surface area contributed by atoms with E-state index in [-0.39, 0.29) is 16.9 Å². The summed E-state index contributed by atoms with van der Waals surface area (Å²) in [4.78, 5) is 2.34. The van der Waals surface area contributed by atoms with Crippen LogP contribution in [0.5, 0.6) is 0 Å². The summed E-state index contributed by atoms with van der Waals surface area (Å²) in [6.45, 7) is 2.61. The van der Waals surface area contributed by atoms with Crippen molar-refractivity contribution in [2.45, 2.75) is 25.3 Å². The number of nitrogens with zero attached hydrogens (tertiary/aromatic N) is 1. The van der Waals surface area contributed by atoms with Crippen LogP contribution in [0.15, 0.2) is 18.2 Å². The first-order valence-electron chi connectivity index (χ1n) is 6.11. The van der Waals surface area contributed by atoms with Crippen LogP contribution >= 0.6 is 11.6 Å². The number of rotatable bonds is 3. The van der Waals surface area contributed by atoms with Gasteiger partial charge in [0, 0.05) is 12.6 Å². The number of halogens is 2. The first kappa shape index (κ1) is 12.8. The molecule has 0 aromatic heterocycles. The van der Waals surface area contributed by atoms with Crippen LogP contribution in [0.2, 0.25) is 5.02 Å². The number of likely N-dealkylation sites (tertiary alicyclic amines) is 1. The predicted octanol–water partition coefficient (Wildman–Crippen LogP) is 2.96. The molecule has 1 fully saturated rings. The van der Waals surface area contributed by atoms with Gasteiger partial charge >= 0.3 is 0 Å². The van der Waals surface area contributed by atoms with Crippen LogP contribution in [0.25, 0.3) is 0 Å². The molecular weight excluding hydrogens is 239 g/mol. The lowest BCUT2D eigenvalue weighted by Gasteiger charge is -2.34. The standard InChI is InChI=1S/C13H18ClFN2/c14-11-5-4-10(8-12(11)15)13(9-16)17-6-2-1-3-7-17/h4-5,8,13H,1-3,6-7,9,16H2. The molecule has 17 heavy (non-hydrogen) atoms. The second kappa shape index (κ2) is 5.80. The molecule has 1 aromatic carbocycles. The number of piperidine rings is 1. The van der Waals surface area contributed by atoms with Crippen molar-refractivity contribution in [1.82, 2.24) is 4.90 Å². The fraction of sp³-hybridized carbons (Fsp3) is 0.538. The molecule has 0 radical (unpaired) electrons. The van der Waals surface area contributed by atoms with E-state index in [1.807, 2.05) is 6.07 Å². The average molecular weight is 257 g/mol. The molecule has 0 aliphatic carbocycles. The first-order valence-corrected chi connectivity index (χ1v) is 6.49. The third-order valence-corrected chi connectivity index (χ3v) is 3.69. The highest BCUT2D eigenvalue weighted by Gasteiger charge is 2.21. The number of hydrogen-bond donors (Lipinski definition) is 1. The second-order valence-electron chi connectivity index (χ2n) is 4.52. The van der Waals surface area contributed by atoms with E-state index in [2.05, 4.69) is 4.90 Å². The van der Waals surface area contributed by atoms with Gasteiger partial charge in [-0.15, -0.1) is 0 Å². The normalized spacial score (nSPS) is 19.2. The Kier molecular flexibility index (Phi) is 4.37. The SMILES string of the molecule is NCC(c1ccc(Cl)c(F)c1)N1CCCCC1. The van der Waals surface area contributed by atoms with Crippen LogP contribution in [0.1, 0.15) is 30.9 Å². The Bertz CT molecular complexity index is 378. The van der Waals surface area contributed by atoms with Crippen LogP contribution in [-0.4, -0.2) is 24.5 Å². The Morgan fingerprint density at radius 1 is 1.29 bits per heavy atom. The fourth-order valence-electron chi connectivity index (χ4n) is 2.45. The highest BCUT2D eigenvalue weighted by molar-refractivity contribution is 6.30. The lowest BCUT2D eigenvalue weighted by Crippen LogP contribution is -2.37. The van der Waals surface area contributed by atoms with Crippen molar-refractivity contribution in [3.05, 3.63) is 34.6 Å². The third kappa shape index (κ3) is 2.97. The fourth-order valence-corrected chi connectivity index (χ4v) is 2.56. The summed E-state index contributed by atoms with van der Waals surface area (Å²) < 4.78 is 13.5. The van der Waals surface area contributed by atoms with Crippen LogP contribution in [0.3, 0.4) is 0 Å². The maximum atomic E-state index is 13.5. The number of hydrogen-bond acceptors (Lipinski definition) is 2. The zero-order valence-electron chi connectivity index (χ0n) is 9.83. The van der Waals surface area contributed by atoms with Gasteiger partial charge in [0.25, 0.3) is 0 Å². The summed E-state index contributed by atoms with van der Waals surface area (Å²) in [6, 6.07) is 5.10. The second-order valence-corrected chi connectivity index (χ2v) is 4.93. The minimum Gasteiger partial charge on any atom is -0.329 e. The van der Waals surface area contributed by atoms with E-state index >= 15 is 0 Å². The molecule has 1 aromatic rings. The minimum atomic E-state index is -0.361. The summed E-state index contributed by atoms with van der Waals surface area (Å²) in [5.41, 5.74) is 6.75. The zero-order chi connectivity index (χ0) is 12.3. The largest absolute Gasteiger partial charge is 0.329 e. The minimum absolute atomic E-state index is 0.113. The highest BCUT2D eigenvalue weighted by atomic mass is 35.5. The molecule has 2 rings (SSSR count). The molecule has 1 saturated heterocycles. The van der Waals surface area contributed by atoms with Crippen molar-refractivity contribution < 1.29 is 4.39 Å². The van der Waals surface area contributed by atoms with Crippen molar-refractivity contribution in [2.24, 2.45) is 5.73 Å². The Morgan fingerprint density at radius 3 is 2.59 bits per heavy atom. The first-order chi connectivity index (χ1) is 8.22. The summed E-state index contributed by atoms with van der Waals surface area (Å²) >= 11 is 5.69. The molecule has 4 heteroatoms. The number of nitrogens with two attached hydrogens (primary N) is 1. The smallest absolute Gasteiger partial charge is 0.142 e. The van der Waals surface area contributed by atoms with Gasteiger partial charge in [-0.1, -0.05) is 24.1 Å². The summed E-state index contributed by atoms with van der Waals surface area (Å²) in [6.07, 6.45) is 3.68. The van der Waals surface area contributed by atoms with E-state index in [0.717, 1.165) is 18.7 Å². The lowest BCUT2D eigenvalue weighted by atomic mass is 10.0. The van der Waals surface area contributed by atoms with Crippen molar-refractivity contribution in [3.63, 3.8) is 0 Å². The quantitative estimate of drug-likeness (QED) is 0.901. The van der Waals surface area contributed by atoms with Gasteiger partial charge in [0.05, 0.1) is 5.02 Å². The van der Waals surface area contributed by atoms with E-state index in [0.29, 0.717) is 6.54 Å². The molecule has 1 atom stereocenters. The molecule has 0 bridgehead atoms. The van der Waals surface area contributed by atoms with Crippen LogP contribution in [0.4, 0.5) is 4.39 Å². The molecule has 0 saturated carbocycles. The van der Waals surface area contributed by atoms with E-state index in [9.17, 15) is 4.39 Å². The van der Waals surface area contributed by atoms with Gasteiger partial charge in [-0.25, -0.2) is 4.39 Å². The van der Waals surface area contributed by atoms with E-state index in [1.165, 1.54) is 25.3 Å². The van der Waals surface area contributed by atoms with E-state index in [1.54, 1.807) is 6.07 Å². The molecule has 1 aliphatic rings. The molecule has 1 aliphatic heterocycles. The van der Waals surface area contributed by atoms with E-state index in [4.69, 9.17) is 17.3 Å². The molecule has 0 amide bonds. The van der Waals surface area contributed by atoms with Gasteiger partial charge < -0.3 is 5.73 Å². The Balaban J connectivity index is 2.18. The van der Waals surface area contributed by atoms with Crippen molar-refractivity contribution in [1.29, 1.82) is 0 Å². The van der Waals surface area contributed by atoms with Crippen molar-refractivity contribution >= 4 is 11.6 Å². The van der Waals surface area contributed by atoms with Gasteiger partial charge in [0.2, 0.25) is 0 Å². The van der Waals surface area contributed by atoms with Crippen molar-refractivity contribution in [2.75, 3.05) is 19.6 Å². The monoisotopic (exact) mass is 256 g/mol. The Labute approximate surface area is 107 Å². The van der Waals surface area contributed by atoms with Gasteiger partial charge in [0.1, 0.15) is 5.82 Å². The summed E-state index contributed by atoms with van der Waals surface area (Å²) in [5, 5.41) is 0.170. The lowest BCUT2D eigenvalue weighted by molar-refractivity contribution is 0.167. The molecule has 1 unspecified atom stereocenters. The van der Waals surface area contributed by atoms with Crippen LogP contribution in [-0.2, 0) is 0 Å². The third-order valence-electron chi connectivity index (χ3n) is 3.38. The van der Waals surface area contributed by atoms with Gasteiger partial charge in [0.15, 0.2) is 0 Å². The molecule has 2 nitrogen and oxygen atoms in total. The van der Waals surface area contributed by atoms with Crippen molar-refractivity contribution in [3.8, 4) is 0 Å². The van der Waals surface area contributed by atoms with Gasteiger partial charge in [-0.2, -0.15) is 0 Å². The Hall–Kier alpha value is -0.640. The van der Waals surface area contributed by atoms with Crippen LogP contribution < -0.4 is 5.73 Å². The van der Waals surface area contributed by atoms with E-state index < -0.39 is 0 Å². The molecular formula is C13H18ClFN2. The molecule has 2 N–H and O–H groups in total. The Morgan fingerprint density at radius 2 is 2.00 bits per heavy atom. The molecule has 0 spiro atoms. The average Bonchev–Trinajstić information content (AvgIpc) is 2.36. The molecule has 1 heterocycles. The van der Waals surface area contributed by atoms with Gasteiger partial charge in [-0.3, -0.25) is 4.90 Å². The summed E-state index contributed by atoms with van der Waals surface area (Å²) in [5.74, 6) is -0.361. The highest BCUT2D eigenvalue weighted by Crippen LogP contribution is 2.26. The predicted molar refractivity (Wildman–Crippen MR) is 68.6 cm³/mol. The van der Waals surface area contributed by atoms with Crippen LogP contribution in [0, 0.1) is 5.82 Å². The molecule has 94 valence electrons. The number of benzene rings is 1. The zero-order valence-corrected chi connectivity index (χ0v) is 10.6. The topological polar surface area (TPSA) is 29.3 Å². The maximum absolute atomic E-state index is 13.5. The maximum Gasteiger partial charge on any atom is 0.142 e. The van der Waals surface area contributed by atoms with Gasteiger partial charge in [-0.05, 0) is 43.6 Å².